The van der Waals surface area contributed by atoms with Gasteiger partial charge in [-0.25, -0.2) is 4.89 Å². The highest BCUT2D eigenvalue weighted by atomic mass is 17.1. The van der Waals surface area contributed by atoms with Crippen molar-refractivity contribution in [3.8, 4) is 0 Å². The van der Waals surface area contributed by atoms with Crippen LogP contribution in [0.3, 0.4) is 0 Å². The summed E-state index contributed by atoms with van der Waals surface area (Å²) < 4.78 is 0. The van der Waals surface area contributed by atoms with Gasteiger partial charge in [-0.15, -0.1) is 6.58 Å². The number of hydrogen-bond acceptors (Lipinski definition) is 3. The zero-order valence-electron chi connectivity index (χ0n) is 5.45. The molecule has 2 N–H and O–H groups in total. The Balaban J connectivity index is 3.63. The second-order valence-electron chi connectivity index (χ2n) is 1.78. The molecule has 0 saturated heterocycles. The third-order valence-electron chi connectivity index (χ3n) is 1.15. The smallest absolute Gasteiger partial charge is 0.136 e. The largest absolute Gasteiger partial charge is 0.390 e. The van der Waals surface area contributed by atoms with Crippen LogP contribution >= 0.6 is 0 Å². The fourth-order valence-corrected chi connectivity index (χ4v) is 0.503. The Kier molecular flexibility index (Phi) is 4.30. The van der Waals surface area contributed by atoms with Crippen molar-refractivity contribution in [2.75, 3.05) is 0 Å². The fraction of sp³-hybridized carbons (Fsp3) is 0.667. The molecule has 3 nitrogen and oxygen atoms in total. The highest BCUT2D eigenvalue weighted by Crippen LogP contribution is 2.01. The van der Waals surface area contributed by atoms with E-state index >= 15 is 0 Å². The van der Waals surface area contributed by atoms with E-state index in [1.165, 1.54) is 6.08 Å². The van der Waals surface area contributed by atoms with Crippen LogP contribution in [0.1, 0.15) is 13.3 Å². The van der Waals surface area contributed by atoms with Crippen LogP contribution in [0, 0.1) is 0 Å². The van der Waals surface area contributed by atoms with Gasteiger partial charge in [0.2, 0.25) is 0 Å². The second kappa shape index (κ2) is 4.49. The molecule has 0 aromatic rings. The fourth-order valence-electron chi connectivity index (χ4n) is 0.503. The number of hydrogen-bond donors (Lipinski definition) is 2. The van der Waals surface area contributed by atoms with Gasteiger partial charge in [0.25, 0.3) is 0 Å². The molecule has 54 valence electrons. The van der Waals surface area contributed by atoms with Gasteiger partial charge in [-0.1, -0.05) is 13.0 Å². The average molecular weight is 132 g/mol. The summed E-state index contributed by atoms with van der Waals surface area (Å²) in [5.41, 5.74) is 0. The Morgan fingerprint density at radius 3 is 2.44 bits per heavy atom. The monoisotopic (exact) mass is 132 g/mol. The van der Waals surface area contributed by atoms with Crippen molar-refractivity contribution >= 4 is 0 Å². The normalized spacial score (nSPS) is 16.8. The Morgan fingerprint density at radius 1 is 1.78 bits per heavy atom. The predicted octanol–water partition coefficient (Wildman–Crippen LogP) is 0.801. The molecule has 0 heterocycles. The summed E-state index contributed by atoms with van der Waals surface area (Å²) in [6.07, 6.45) is 0.577. The molecule has 0 fully saturated rings. The molecule has 0 saturated carbocycles. The Morgan fingerprint density at radius 2 is 2.33 bits per heavy atom. The summed E-state index contributed by atoms with van der Waals surface area (Å²) in [7, 11) is 0. The molecule has 0 amide bonds. The maximum absolute atomic E-state index is 8.96. The van der Waals surface area contributed by atoms with E-state index in [-0.39, 0.29) is 0 Å². The van der Waals surface area contributed by atoms with Gasteiger partial charge < -0.3 is 5.11 Å². The summed E-state index contributed by atoms with van der Waals surface area (Å²) in [6.45, 7) is 5.15. The van der Waals surface area contributed by atoms with E-state index in [1.807, 2.05) is 0 Å². The third kappa shape index (κ3) is 2.60. The molecular formula is C6H12O3. The van der Waals surface area contributed by atoms with E-state index in [0.717, 1.165) is 0 Å². The molecule has 0 aliphatic rings. The van der Waals surface area contributed by atoms with Crippen LogP contribution in [0.5, 0.6) is 0 Å². The highest BCUT2D eigenvalue weighted by Gasteiger charge is 2.13. The van der Waals surface area contributed by atoms with Gasteiger partial charge in [-0.05, 0) is 6.42 Å². The summed E-state index contributed by atoms with van der Waals surface area (Å²) >= 11 is 0. The van der Waals surface area contributed by atoms with Gasteiger partial charge in [0, 0.05) is 0 Å². The van der Waals surface area contributed by atoms with Crippen LogP contribution in [0.4, 0.5) is 0 Å². The first-order valence-electron chi connectivity index (χ1n) is 2.87. The Hall–Kier alpha value is -0.380. The van der Waals surface area contributed by atoms with Crippen LogP contribution in [-0.4, -0.2) is 22.6 Å². The molecule has 3 heteroatoms. The second-order valence-corrected chi connectivity index (χ2v) is 1.78. The zero-order chi connectivity index (χ0) is 7.28. The summed E-state index contributed by atoms with van der Waals surface area (Å²) in [5, 5.41) is 17.1. The summed E-state index contributed by atoms with van der Waals surface area (Å²) in [6, 6.07) is 0. The molecule has 0 aliphatic heterocycles. The first-order valence-corrected chi connectivity index (χ1v) is 2.87. The van der Waals surface area contributed by atoms with Crippen molar-refractivity contribution in [1.82, 2.24) is 0 Å². The average Bonchev–Trinajstić information content (AvgIpc) is 1.90. The maximum Gasteiger partial charge on any atom is 0.136 e. The minimum absolute atomic E-state index is 0.539. The minimum atomic E-state index is -0.660. The van der Waals surface area contributed by atoms with Gasteiger partial charge in [-0.2, -0.15) is 0 Å². The molecule has 0 bridgehead atoms. The quantitative estimate of drug-likeness (QED) is 0.338. The zero-order valence-corrected chi connectivity index (χ0v) is 5.45. The van der Waals surface area contributed by atoms with Crippen LogP contribution in [0.25, 0.3) is 0 Å². The van der Waals surface area contributed by atoms with E-state index < -0.39 is 12.2 Å². The van der Waals surface area contributed by atoms with Crippen molar-refractivity contribution in [3.63, 3.8) is 0 Å². The third-order valence-corrected chi connectivity index (χ3v) is 1.15. The Bertz CT molecular complexity index is 82.4. The van der Waals surface area contributed by atoms with Gasteiger partial charge in [0.1, 0.15) is 6.10 Å². The first kappa shape index (κ1) is 8.62. The summed E-state index contributed by atoms with van der Waals surface area (Å²) in [5.74, 6) is 0. The molecule has 0 aromatic heterocycles. The lowest BCUT2D eigenvalue weighted by molar-refractivity contribution is -0.283. The van der Waals surface area contributed by atoms with Crippen LogP contribution in [0.2, 0.25) is 0 Å². The van der Waals surface area contributed by atoms with Crippen molar-refractivity contribution in [1.29, 1.82) is 0 Å². The lowest BCUT2D eigenvalue weighted by Gasteiger charge is -2.13. The molecule has 2 atom stereocenters. The van der Waals surface area contributed by atoms with Crippen LogP contribution in [0.15, 0.2) is 12.7 Å². The molecule has 0 unspecified atom stereocenters. The molecule has 0 rings (SSSR count). The van der Waals surface area contributed by atoms with Gasteiger partial charge in [0.15, 0.2) is 0 Å². The van der Waals surface area contributed by atoms with Crippen molar-refractivity contribution in [2.45, 2.75) is 25.6 Å². The van der Waals surface area contributed by atoms with Crippen LogP contribution in [-0.2, 0) is 4.89 Å². The van der Waals surface area contributed by atoms with Crippen molar-refractivity contribution in [2.24, 2.45) is 0 Å². The van der Waals surface area contributed by atoms with Crippen molar-refractivity contribution < 1.29 is 15.3 Å². The molecule has 9 heavy (non-hydrogen) atoms. The van der Waals surface area contributed by atoms with E-state index in [0.29, 0.717) is 6.42 Å². The number of rotatable bonds is 4. The lowest BCUT2D eigenvalue weighted by atomic mass is 10.1. The van der Waals surface area contributed by atoms with Crippen LogP contribution < -0.4 is 0 Å². The molecule has 0 aliphatic carbocycles. The van der Waals surface area contributed by atoms with Gasteiger partial charge in [-0.3, -0.25) is 5.26 Å². The number of aliphatic hydroxyl groups excluding tert-OH is 1. The van der Waals surface area contributed by atoms with E-state index in [1.54, 1.807) is 6.92 Å². The van der Waals surface area contributed by atoms with Crippen molar-refractivity contribution in [3.05, 3.63) is 12.7 Å². The maximum atomic E-state index is 8.96. The minimum Gasteiger partial charge on any atom is -0.390 e. The molecular weight excluding hydrogens is 120 g/mol. The van der Waals surface area contributed by atoms with Gasteiger partial charge >= 0.3 is 0 Å². The molecule has 0 aromatic carbocycles. The topological polar surface area (TPSA) is 49.7 Å². The van der Waals surface area contributed by atoms with E-state index in [9.17, 15) is 0 Å². The first-order chi connectivity index (χ1) is 4.26. The lowest BCUT2D eigenvalue weighted by Crippen LogP contribution is -2.24. The standard InChI is InChI=1S/C6H12O3/c1-3-5(7)6(4-2)9-8/h4-8H,2-3H2,1H3/t5-,6-/m0/s1. The van der Waals surface area contributed by atoms with E-state index in [4.69, 9.17) is 10.4 Å². The molecule has 0 radical (unpaired) electrons. The Labute approximate surface area is 54.5 Å². The SMILES string of the molecule is C=C[C@H](OO)[C@@H](O)CC. The molecule has 0 spiro atoms. The summed E-state index contributed by atoms with van der Waals surface area (Å²) in [4.78, 5) is 3.88. The van der Waals surface area contributed by atoms with Gasteiger partial charge in [0.05, 0.1) is 6.10 Å². The highest BCUT2D eigenvalue weighted by molar-refractivity contribution is 4.84. The number of aliphatic hydroxyl groups is 1. The predicted molar refractivity (Wildman–Crippen MR) is 34.0 cm³/mol. The van der Waals surface area contributed by atoms with E-state index in [2.05, 4.69) is 11.5 Å².